The van der Waals surface area contributed by atoms with Gasteiger partial charge in [0.05, 0.1) is 0 Å². The Labute approximate surface area is 64.7 Å². The Balaban J connectivity index is 4.74. The molecule has 0 aromatic carbocycles. The van der Waals surface area contributed by atoms with Crippen molar-refractivity contribution in [2.45, 2.75) is 0 Å². The maximum atomic E-state index is 10.5. The van der Waals surface area contributed by atoms with E-state index in [9.17, 15) is 4.57 Å². The molecule has 0 heterocycles. The lowest BCUT2D eigenvalue weighted by Gasteiger charge is -2.06. The van der Waals surface area contributed by atoms with E-state index < -0.39 is 12.9 Å². The lowest BCUT2D eigenvalue weighted by molar-refractivity contribution is 0.382. The number of nitrogens with zero attached hydrogens (tertiary/aromatic N) is 2. The van der Waals surface area contributed by atoms with Crippen LogP contribution in [0.5, 0.6) is 0 Å². The molecule has 6 heteroatoms. The van der Waals surface area contributed by atoms with E-state index in [2.05, 4.69) is 0 Å². The van der Waals surface area contributed by atoms with Gasteiger partial charge in [0, 0.05) is 20.3 Å². The second-order valence-corrected chi connectivity index (χ2v) is 3.70. The number of hydrogen-bond acceptors (Lipinski definition) is 3. The largest absolute Gasteiger partial charge is 0.382 e. The van der Waals surface area contributed by atoms with Gasteiger partial charge in [-0.2, -0.15) is 5.26 Å². The molecular weight excluding hydrogens is 167 g/mol. The van der Waals surface area contributed by atoms with E-state index in [0.29, 0.717) is 0 Å². The predicted molar refractivity (Wildman–Crippen MR) is 39.4 cm³/mol. The molecular formula is C5H9N2O3P. The molecule has 0 aliphatic heterocycles. The fourth-order valence-electron chi connectivity index (χ4n) is 0.414. The molecule has 0 saturated carbocycles. The van der Waals surface area contributed by atoms with E-state index in [4.69, 9.17) is 15.0 Å². The highest BCUT2D eigenvalue weighted by Gasteiger charge is 2.20. The SMILES string of the molecule is CN(C)/C=C(\C#N)P(=O)(O)O. The van der Waals surface area contributed by atoms with Crippen LogP contribution in [0.4, 0.5) is 0 Å². The van der Waals surface area contributed by atoms with E-state index in [1.165, 1.54) is 11.0 Å². The van der Waals surface area contributed by atoms with Crippen molar-refractivity contribution in [2.75, 3.05) is 14.1 Å². The number of hydrogen-bond donors (Lipinski definition) is 2. The molecule has 0 saturated heterocycles. The molecule has 5 nitrogen and oxygen atoms in total. The molecule has 0 fully saturated rings. The molecule has 0 spiro atoms. The van der Waals surface area contributed by atoms with Crippen LogP contribution in [0.15, 0.2) is 11.5 Å². The summed E-state index contributed by atoms with van der Waals surface area (Å²) in [6.45, 7) is 0. The molecule has 0 aromatic heterocycles. The van der Waals surface area contributed by atoms with Crippen molar-refractivity contribution < 1.29 is 14.4 Å². The standard InChI is InChI=1S/C5H9N2O3P/c1-7(2)4-5(3-6)11(8,9)10/h4H,1-2H3,(H2,8,9,10)/b5-4+. The van der Waals surface area contributed by atoms with Crippen molar-refractivity contribution in [1.82, 2.24) is 4.90 Å². The number of rotatable bonds is 2. The first-order valence-corrected chi connectivity index (χ1v) is 4.33. The highest BCUT2D eigenvalue weighted by Crippen LogP contribution is 2.44. The highest BCUT2D eigenvalue weighted by molar-refractivity contribution is 7.56. The van der Waals surface area contributed by atoms with Crippen LogP contribution < -0.4 is 0 Å². The van der Waals surface area contributed by atoms with Crippen molar-refractivity contribution >= 4 is 7.60 Å². The van der Waals surface area contributed by atoms with Crippen molar-refractivity contribution in [3.05, 3.63) is 11.5 Å². The molecule has 0 aromatic rings. The monoisotopic (exact) mass is 176 g/mol. The molecule has 0 atom stereocenters. The summed E-state index contributed by atoms with van der Waals surface area (Å²) < 4.78 is 10.5. The van der Waals surface area contributed by atoms with Crippen LogP contribution in [0, 0.1) is 11.3 Å². The van der Waals surface area contributed by atoms with Crippen molar-refractivity contribution in [1.29, 1.82) is 5.26 Å². The minimum absolute atomic E-state index is 0.525. The summed E-state index contributed by atoms with van der Waals surface area (Å²) in [5, 5.41) is 7.75. The van der Waals surface area contributed by atoms with Gasteiger partial charge in [-0.05, 0) is 0 Å². The van der Waals surface area contributed by atoms with Gasteiger partial charge in [0.2, 0.25) is 0 Å². The summed E-state index contributed by atoms with van der Waals surface area (Å²) in [6.07, 6.45) is 1.10. The number of allylic oxidation sites excluding steroid dienone is 1. The molecule has 62 valence electrons. The predicted octanol–water partition coefficient (Wildman–Crippen LogP) is 0.0907. The smallest absolute Gasteiger partial charge is 0.368 e. The maximum Gasteiger partial charge on any atom is 0.368 e. The Bertz CT molecular complexity index is 247. The second kappa shape index (κ2) is 3.54. The summed E-state index contributed by atoms with van der Waals surface area (Å²) in [6, 6.07) is 1.43. The van der Waals surface area contributed by atoms with Crippen LogP contribution in [-0.4, -0.2) is 28.8 Å². The molecule has 0 rings (SSSR count). The molecule has 0 amide bonds. The maximum absolute atomic E-state index is 10.5. The fourth-order valence-corrected chi connectivity index (χ4v) is 0.925. The van der Waals surface area contributed by atoms with Crippen LogP contribution in [0.1, 0.15) is 0 Å². The summed E-state index contributed by atoms with van der Waals surface area (Å²) in [5.41, 5.74) is 0. The van der Waals surface area contributed by atoms with Crippen LogP contribution in [0.2, 0.25) is 0 Å². The second-order valence-electron chi connectivity index (χ2n) is 2.13. The lowest BCUT2D eigenvalue weighted by Crippen LogP contribution is -2.02. The molecule has 2 N–H and O–H groups in total. The van der Waals surface area contributed by atoms with E-state index in [-0.39, 0.29) is 0 Å². The fraction of sp³-hybridized carbons (Fsp3) is 0.400. The zero-order valence-electron chi connectivity index (χ0n) is 6.22. The zero-order valence-corrected chi connectivity index (χ0v) is 7.12. The summed E-state index contributed by atoms with van der Waals surface area (Å²) >= 11 is 0. The topological polar surface area (TPSA) is 84.6 Å². The Kier molecular flexibility index (Phi) is 3.27. The molecule has 0 radical (unpaired) electrons. The Morgan fingerprint density at radius 1 is 1.64 bits per heavy atom. The molecule has 11 heavy (non-hydrogen) atoms. The first-order chi connectivity index (χ1) is 4.88. The first kappa shape index (κ1) is 10.2. The third-order valence-corrected chi connectivity index (χ3v) is 1.65. The van der Waals surface area contributed by atoms with Crippen molar-refractivity contribution in [3.63, 3.8) is 0 Å². The quantitative estimate of drug-likeness (QED) is 0.460. The van der Waals surface area contributed by atoms with E-state index >= 15 is 0 Å². The Hall–Kier alpha value is -0.820. The minimum atomic E-state index is -4.37. The highest BCUT2D eigenvalue weighted by atomic mass is 31.2. The lowest BCUT2D eigenvalue weighted by atomic mass is 10.6. The Morgan fingerprint density at radius 3 is 2.18 bits per heavy atom. The first-order valence-electron chi connectivity index (χ1n) is 2.72. The Morgan fingerprint density at radius 2 is 2.09 bits per heavy atom. The van der Waals surface area contributed by atoms with Gasteiger partial charge in [0.25, 0.3) is 0 Å². The van der Waals surface area contributed by atoms with Gasteiger partial charge < -0.3 is 14.7 Å². The van der Waals surface area contributed by atoms with Gasteiger partial charge in [-0.1, -0.05) is 0 Å². The van der Waals surface area contributed by atoms with Gasteiger partial charge in [0.1, 0.15) is 6.07 Å². The minimum Gasteiger partial charge on any atom is -0.382 e. The van der Waals surface area contributed by atoms with Gasteiger partial charge in [-0.3, -0.25) is 4.57 Å². The molecule has 0 aliphatic carbocycles. The van der Waals surface area contributed by atoms with Gasteiger partial charge in [-0.25, -0.2) is 0 Å². The van der Waals surface area contributed by atoms with Crippen LogP contribution in [-0.2, 0) is 4.57 Å². The van der Waals surface area contributed by atoms with Gasteiger partial charge in [-0.15, -0.1) is 0 Å². The van der Waals surface area contributed by atoms with E-state index in [1.54, 1.807) is 14.1 Å². The third-order valence-electron chi connectivity index (χ3n) is 0.809. The normalized spacial score (nSPS) is 12.5. The average molecular weight is 176 g/mol. The van der Waals surface area contributed by atoms with Crippen molar-refractivity contribution in [3.8, 4) is 6.07 Å². The van der Waals surface area contributed by atoms with Crippen molar-refractivity contribution in [2.24, 2.45) is 0 Å². The summed E-state index contributed by atoms with van der Waals surface area (Å²) in [7, 11) is -1.22. The molecule has 0 aliphatic rings. The molecule has 0 unspecified atom stereocenters. The van der Waals surface area contributed by atoms with E-state index in [1.807, 2.05) is 0 Å². The van der Waals surface area contributed by atoms with Gasteiger partial charge >= 0.3 is 7.60 Å². The summed E-state index contributed by atoms with van der Waals surface area (Å²) in [4.78, 5) is 18.4. The third kappa shape index (κ3) is 3.79. The van der Waals surface area contributed by atoms with Crippen LogP contribution in [0.3, 0.4) is 0 Å². The average Bonchev–Trinajstić information content (AvgIpc) is 1.79. The zero-order chi connectivity index (χ0) is 9.07. The van der Waals surface area contributed by atoms with E-state index in [0.717, 1.165) is 6.20 Å². The van der Waals surface area contributed by atoms with Crippen LogP contribution >= 0.6 is 7.60 Å². The molecule has 0 bridgehead atoms. The van der Waals surface area contributed by atoms with Crippen LogP contribution in [0.25, 0.3) is 0 Å². The number of nitriles is 1. The van der Waals surface area contributed by atoms with Gasteiger partial charge in [0.15, 0.2) is 5.31 Å². The summed E-state index contributed by atoms with van der Waals surface area (Å²) in [5.74, 6) is 0.